The molecular weight excluding hydrogens is 396 g/mol. The number of benzene rings is 1. The molecule has 1 aliphatic rings. The van der Waals surface area contributed by atoms with Crippen molar-refractivity contribution in [1.29, 1.82) is 0 Å². The van der Waals surface area contributed by atoms with Gasteiger partial charge >= 0.3 is 5.63 Å². The van der Waals surface area contributed by atoms with Crippen molar-refractivity contribution < 1.29 is 13.9 Å². The van der Waals surface area contributed by atoms with Crippen molar-refractivity contribution >= 4 is 16.8 Å². The van der Waals surface area contributed by atoms with E-state index >= 15 is 0 Å². The summed E-state index contributed by atoms with van der Waals surface area (Å²) >= 11 is 0. The molecule has 2 aromatic heterocycles. The maximum atomic E-state index is 11.5. The van der Waals surface area contributed by atoms with Crippen molar-refractivity contribution in [3.05, 3.63) is 52.6 Å². The van der Waals surface area contributed by atoms with Gasteiger partial charge in [0.1, 0.15) is 35.2 Å². The SMILES string of the molecule is CN(C)CCCNc1cc(O[C@H]2Cc3cc4ccc(=O)oc4cc3OC2(C)C)ncn1. The zero-order chi connectivity index (χ0) is 22.0. The Morgan fingerprint density at radius 1 is 1.23 bits per heavy atom. The predicted octanol–water partition coefficient (Wildman–Crippen LogP) is 3.11. The van der Waals surface area contributed by atoms with Crippen LogP contribution in [0, 0.1) is 0 Å². The maximum absolute atomic E-state index is 11.5. The number of hydrogen-bond donors (Lipinski definition) is 1. The van der Waals surface area contributed by atoms with Gasteiger partial charge in [-0.2, -0.15) is 0 Å². The molecule has 0 radical (unpaired) electrons. The van der Waals surface area contributed by atoms with Crippen LogP contribution in [-0.2, 0) is 6.42 Å². The molecule has 0 aliphatic carbocycles. The first-order valence-electron chi connectivity index (χ1n) is 10.4. The van der Waals surface area contributed by atoms with Crippen LogP contribution in [0.5, 0.6) is 11.6 Å². The van der Waals surface area contributed by atoms with E-state index in [1.165, 1.54) is 12.4 Å². The first-order chi connectivity index (χ1) is 14.8. The van der Waals surface area contributed by atoms with Gasteiger partial charge in [0.05, 0.1) is 0 Å². The van der Waals surface area contributed by atoms with Crippen molar-refractivity contribution in [2.75, 3.05) is 32.5 Å². The van der Waals surface area contributed by atoms with E-state index in [2.05, 4.69) is 34.3 Å². The second-order valence-electron chi connectivity index (χ2n) is 8.59. The molecule has 0 amide bonds. The summed E-state index contributed by atoms with van der Waals surface area (Å²) in [7, 11) is 4.11. The van der Waals surface area contributed by atoms with Crippen LogP contribution in [-0.4, -0.2) is 53.8 Å². The summed E-state index contributed by atoms with van der Waals surface area (Å²) in [5.74, 6) is 1.94. The number of aromatic nitrogens is 2. The summed E-state index contributed by atoms with van der Waals surface area (Å²) < 4.78 is 17.8. The minimum atomic E-state index is -0.597. The van der Waals surface area contributed by atoms with Gasteiger partial charge < -0.3 is 24.1 Å². The van der Waals surface area contributed by atoms with E-state index < -0.39 is 5.60 Å². The molecule has 1 aliphatic heterocycles. The van der Waals surface area contributed by atoms with E-state index in [0.29, 0.717) is 23.6 Å². The highest BCUT2D eigenvalue weighted by molar-refractivity contribution is 5.79. The fourth-order valence-corrected chi connectivity index (χ4v) is 3.63. The van der Waals surface area contributed by atoms with Gasteiger partial charge in [-0.25, -0.2) is 14.8 Å². The van der Waals surface area contributed by atoms with Crippen molar-refractivity contribution in [1.82, 2.24) is 14.9 Å². The summed E-state index contributed by atoms with van der Waals surface area (Å²) in [6.45, 7) is 5.79. The number of nitrogens with zero attached hydrogens (tertiary/aromatic N) is 3. The van der Waals surface area contributed by atoms with E-state index in [1.54, 1.807) is 12.1 Å². The highest BCUT2D eigenvalue weighted by Gasteiger charge is 2.39. The van der Waals surface area contributed by atoms with Crippen molar-refractivity contribution in [3.8, 4) is 11.6 Å². The number of rotatable bonds is 7. The second kappa shape index (κ2) is 8.55. The zero-order valence-electron chi connectivity index (χ0n) is 18.3. The van der Waals surface area contributed by atoms with E-state index in [-0.39, 0.29) is 11.7 Å². The normalized spacial score (nSPS) is 17.3. The van der Waals surface area contributed by atoms with Gasteiger partial charge in [0.2, 0.25) is 5.88 Å². The highest BCUT2D eigenvalue weighted by atomic mass is 16.6. The predicted molar refractivity (Wildman–Crippen MR) is 119 cm³/mol. The lowest BCUT2D eigenvalue weighted by Crippen LogP contribution is -2.49. The first kappa shape index (κ1) is 21.1. The fourth-order valence-electron chi connectivity index (χ4n) is 3.63. The zero-order valence-corrected chi connectivity index (χ0v) is 18.3. The third kappa shape index (κ3) is 4.96. The standard InChI is InChI=1S/C23H28N4O4/c1-23(2)19(30-21-13-20(25-14-26-21)24-8-5-9-27(3)4)11-16-10-15-6-7-22(28)29-17(15)12-18(16)31-23/h6-7,10,12-14,19H,5,8-9,11H2,1-4H3,(H,24,25,26)/t19-/m0/s1. The number of ether oxygens (including phenoxy) is 2. The van der Waals surface area contributed by atoms with Crippen LogP contribution in [0.1, 0.15) is 25.8 Å². The van der Waals surface area contributed by atoms with E-state index in [9.17, 15) is 4.79 Å². The summed E-state index contributed by atoms with van der Waals surface area (Å²) in [5, 5.41) is 4.17. The molecule has 3 aromatic rings. The molecular formula is C23H28N4O4. The van der Waals surface area contributed by atoms with Crippen LogP contribution in [0.3, 0.4) is 0 Å². The average molecular weight is 425 g/mol. The molecule has 1 atom stereocenters. The molecule has 0 unspecified atom stereocenters. The van der Waals surface area contributed by atoms with Gasteiger partial charge in [0.25, 0.3) is 0 Å². The Kier molecular flexibility index (Phi) is 5.82. The van der Waals surface area contributed by atoms with Gasteiger partial charge in [-0.3, -0.25) is 0 Å². The lowest BCUT2D eigenvalue weighted by molar-refractivity contribution is -0.0287. The summed E-state index contributed by atoms with van der Waals surface area (Å²) in [6.07, 6.45) is 2.92. The van der Waals surface area contributed by atoms with E-state index in [0.717, 1.165) is 36.3 Å². The molecule has 8 nitrogen and oxygen atoms in total. The highest BCUT2D eigenvalue weighted by Crippen LogP contribution is 2.37. The molecule has 0 bridgehead atoms. The monoisotopic (exact) mass is 424 g/mol. The maximum Gasteiger partial charge on any atom is 0.336 e. The van der Waals surface area contributed by atoms with Gasteiger partial charge in [0.15, 0.2) is 0 Å². The van der Waals surface area contributed by atoms with Crippen LogP contribution in [0.15, 0.2) is 45.9 Å². The summed E-state index contributed by atoms with van der Waals surface area (Å²) in [5.41, 5.74) is 0.544. The summed E-state index contributed by atoms with van der Waals surface area (Å²) in [6, 6.07) is 8.76. The number of nitrogens with one attached hydrogen (secondary N) is 1. The molecule has 31 heavy (non-hydrogen) atoms. The molecule has 3 heterocycles. The first-order valence-corrected chi connectivity index (χ1v) is 10.4. The number of hydrogen-bond acceptors (Lipinski definition) is 8. The van der Waals surface area contributed by atoms with Crippen molar-refractivity contribution in [3.63, 3.8) is 0 Å². The topological polar surface area (TPSA) is 89.7 Å². The molecule has 1 aromatic carbocycles. The Morgan fingerprint density at radius 3 is 2.87 bits per heavy atom. The van der Waals surface area contributed by atoms with Gasteiger partial charge in [-0.15, -0.1) is 0 Å². The van der Waals surface area contributed by atoms with Crippen molar-refractivity contribution in [2.24, 2.45) is 0 Å². The van der Waals surface area contributed by atoms with Crippen molar-refractivity contribution in [2.45, 2.75) is 38.4 Å². The fraction of sp³-hybridized carbons (Fsp3) is 0.435. The number of fused-ring (bicyclic) bond motifs is 2. The molecule has 164 valence electrons. The molecule has 0 spiro atoms. The largest absolute Gasteiger partial charge is 0.484 e. The van der Waals surface area contributed by atoms with Crippen LogP contribution >= 0.6 is 0 Å². The second-order valence-corrected chi connectivity index (χ2v) is 8.59. The van der Waals surface area contributed by atoms with Crippen LogP contribution in [0.2, 0.25) is 0 Å². The van der Waals surface area contributed by atoms with Crippen LogP contribution in [0.25, 0.3) is 11.0 Å². The van der Waals surface area contributed by atoms with Crippen LogP contribution < -0.4 is 20.4 Å². The molecule has 8 heteroatoms. The van der Waals surface area contributed by atoms with E-state index in [4.69, 9.17) is 13.9 Å². The molecule has 4 rings (SSSR count). The Labute approximate surface area is 181 Å². The Balaban J connectivity index is 1.50. The average Bonchev–Trinajstić information content (AvgIpc) is 2.70. The van der Waals surface area contributed by atoms with Gasteiger partial charge in [-0.05, 0) is 58.6 Å². The van der Waals surface area contributed by atoms with Gasteiger partial charge in [-0.1, -0.05) is 0 Å². The Bertz CT molecular complexity index is 1130. The third-order valence-corrected chi connectivity index (χ3v) is 5.35. The molecule has 0 saturated carbocycles. The number of anilines is 1. The Morgan fingerprint density at radius 2 is 2.06 bits per heavy atom. The van der Waals surface area contributed by atoms with E-state index in [1.807, 2.05) is 26.0 Å². The lowest BCUT2D eigenvalue weighted by Gasteiger charge is -2.39. The minimum absolute atomic E-state index is 0.246. The molecule has 0 saturated heterocycles. The third-order valence-electron chi connectivity index (χ3n) is 5.35. The minimum Gasteiger partial charge on any atom is -0.484 e. The lowest BCUT2D eigenvalue weighted by atomic mass is 9.90. The molecule has 1 N–H and O–H groups in total. The smallest absolute Gasteiger partial charge is 0.336 e. The molecule has 0 fully saturated rings. The summed E-state index contributed by atoms with van der Waals surface area (Å²) in [4.78, 5) is 22.2. The van der Waals surface area contributed by atoms with Gasteiger partial charge in [0, 0.05) is 36.6 Å². The quantitative estimate of drug-likeness (QED) is 0.457. The van der Waals surface area contributed by atoms with Crippen LogP contribution in [0.4, 0.5) is 5.82 Å². The Hall–Kier alpha value is -3.13.